The number of hydrogen-bond donors (Lipinski definition) is 1. The summed E-state index contributed by atoms with van der Waals surface area (Å²) in [6, 6.07) is 5.11. The van der Waals surface area contributed by atoms with Crippen molar-refractivity contribution in [2.45, 2.75) is 6.92 Å². The first-order valence-electron chi connectivity index (χ1n) is 5.35. The highest BCUT2D eigenvalue weighted by atomic mass is 35.5. The highest BCUT2D eigenvalue weighted by molar-refractivity contribution is 7.80. The Hall–Kier alpha value is -1.33. The van der Waals surface area contributed by atoms with E-state index in [0.717, 1.165) is 0 Å². The van der Waals surface area contributed by atoms with E-state index in [2.05, 4.69) is 5.32 Å². The molecule has 1 aromatic rings. The molecular formula is C12H14ClNO3S. The van der Waals surface area contributed by atoms with Gasteiger partial charge in [0.1, 0.15) is 17.3 Å². The van der Waals surface area contributed by atoms with Crippen LogP contribution < -0.4 is 10.1 Å². The second-order valence-corrected chi connectivity index (χ2v) is 4.18. The van der Waals surface area contributed by atoms with Crippen LogP contribution in [0.15, 0.2) is 18.2 Å². The summed E-state index contributed by atoms with van der Waals surface area (Å²) in [7, 11) is 1.53. The molecule has 0 amide bonds. The van der Waals surface area contributed by atoms with Crippen LogP contribution in [0.25, 0.3) is 0 Å². The number of nitrogens with one attached hydrogen (secondary N) is 1. The van der Waals surface area contributed by atoms with E-state index in [4.69, 9.17) is 33.3 Å². The molecular weight excluding hydrogens is 274 g/mol. The minimum Gasteiger partial charge on any atom is -0.496 e. The average Bonchev–Trinajstić information content (AvgIpc) is 2.36. The first kappa shape index (κ1) is 14.7. The van der Waals surface area contributed by atoms with Crippen LogP contribution in [0.2, 0.25) is 5.02 Å². The van der Waals surface area contributed by atoms with Gasteiger partial charge in [-0.2, -0.15) is 0 Å². The standard InChI is InChI=1S/C12H14ClNO3S/c1-3-17-11(15)7-14-12(18)9-5-4-8(13)6-10(9)16-2/h4-6H,3,7H2,1-2H3,(H,14,18). The largest absolute Gasteiger partial charge is 0.496 e. The van der Waals surface area contributed by atoms with Crippen molar-refractivity contribution in [1.82, 2.24) is 5.32 Å². The van der Waals surface area contributed by atoms with E-state index in [1.54, 1.807) is 25.1 Å². The molecule has 0 bridgehead atoms. The topological polar surface area (TPSA) is 47.6 Å². The van der Waals surface area contributed by atoms with E-state index >= 15 is 0 Å². The molecule has 0 fully saturated rings. The van der Waals surface area contributed by atoms with Crippen LogP contribution in [0, 0.1) is 0 Å². The highest BCUT2D eigenvalue weighted by Crippen LogP contribution is 2.23. The maximum absolute atomic E-state index is 11.2. The molecule has 0 aliphatic heterocycles. The van der Waals surface area contributed by atoms with Gasteiger partial charge in [0, 0.05) is 5.02 Å². The van der Waals surface area contributed by atoms with Crippen LogP contribution in [-0.4, -0.2) is 31.2 Å². The molecule has 18 heavy (non-hydrogen) atoms. The number of ether oxygens (including phenoxy) is 2. The number of rotatable bonds is 5. The Kier molecular flexibility index (Phi) is 5.88. The number of esters is 1. The fourth-order valence-corrected chi connectivity index (χ4v) is 1.72. The van der Waals surface area contributed by atoms with Crippen LogP contribution in [-0.2, 0) is 9.53 Å². The van der Waals surface area contributed by atoms with Crippen LogP contribution in [0.3, 0.4) is 0 Å². The number of benzene rings is 1. The molecule has 0 radical (unpaired) electrons. The van der Waals surface area contributed by atoms with Crippen molar-refractivity contribution in [2.75, 3.05) is 20.3 Å². The number of halogens is 1. The van der Waals surface area contributed by atoms with Gasteiger partial charge in [-0.3, -0.25) is 4.79 Å². The third-order valence-electron chi connectivity index (χ3n) is 2.11. The van der Waals surface area contributed by atoms with Crippen LogP contribution in [0.1, 0.15) is 12.5 Å². The Morgan fingerprint density at radius 3 is 2.83 bits per heavy atom. The maximum atomic E-state index is 11.2. The Bertz CT molecular complexity index is 451. The molecule has 0 saturated carbocycles. The van der Waals surface area contributed by atoms with Gasteiger partial charge in [0.05, 0.1) is 19.3 Å². The van der Waals surface area contributed by atoms with E-state index in [-0.39, 0.29) is 12.5 Å². The average molecular weight is 288 g/mol. The Balaban J connectivity index is 2.69. The molecule has 0 saturated heterocycles. The van der Waals surface area contributed by atoms with Crippen molar-refractivity contribution in [3.63, 3.8) is 0 Å². The fraction of sp³-hybridized carbons (Fsp3) is 0.333. The SMILES string of the molecule is CCOC(=O)CNC(=S)c1ccc(Cl)cc1OC. The molecule has 1 rings (SSSR count). The first-order chi connectivity index (χ1) is 8.58. The summed E-state index contributed by atoms with van der Waals surface area (Å²) in [5.41, 5.74) is 0.682. The lowest BCUT2D eigenvalue weighted by Gasteiger charge is -2.11. The zero-order valence-corrected chi connectivity index (χ0v) is 11.7. The van der Waals surface area contributed by atoms with E-state index in [9.17, 15) is 4.79 Å². The second kappa shape index (κ2) is 7.18. The van der Waals surface area contributed by atoms with Gasteiger partial charge in [0.25, 0.3) is 0 Å². The lowest BCUT2D eigenvalue weighted by Crippen LogP contribution is -2.30. The fourth-order valence-electron chi connectivity index (χ4n) is 1.31. The van der Waals surface area contributed by atoms with Crippen LogP contribution in [0.5, 0.6) is 5.75 Å². The lowest BCUT2D eigenvalue weighted by molar-refractivity contribution is -0.141. The minimum absolute atomic E-state index is 0.0262. The van der Waals surface area contributed by atoms with Crippen LogP contribution >= 0.6 is 23.8 Å². The van der Waals surface area contributed by atoms with Crippen molar-refractivity contribution in [1.29, 1.82) is 0 Å². The number of thiocarbonyl (C=S) groups is 1. The third kappa shape index (κ3) is 4.16. The zero-order valence-electron chi connectivity index (χ0n) is 10.2. The molecule has 4 nitrogen and oxygen atoms in total. The molecule has 0 aliphatic carbocycles. The Morgan fingerprint density at radius 2 is 2.22 bits per heavy atom. The summed E-state index contributed by atoms with van der Waals surface area (Å²) in [5, 5.41) is 3.37. The van der Waals surface area contributed by atoms with Gasteiger partial charge in [-0.25, -0.2) is 0 Å². The molecule has 0 atom stereocenters. The number of carbonyl (C=O) groups excluding carboxylic acids is 1. The molecule has 1 aromatic carbocycles. The normalized spacial score (nSPS) is 9.72. The maximum Gasteiger partial charge on any atom is 0.325 e. The minimum atomic E-state index is -0.354. The molecule has 0 spiro atoms. The van der Waals surface area contributed by atoms with Gasteiger partial charge >= 0.3 is 5.97 Å². The van der Waals surface area contributed by atoms with Crippen molar-refractivity contribution in [2.24, 2.45) is 0 Å². The van der Waals surface area contributed by atoms with Crippen molar-refractivity contribution in [3.05, 3.63) is 28.8 Å². The molecule has 0 aliphatic rings. The number of carbonyl (C=O) groups is 1. The van der Waals surface area contributed by atoms with Gasteiger partial charge in [-0.1, -0.05) is 23.8 Å². The smallest absolute Gasteiger partial charge is 0.325 e. The van der Waals surface area contributed by atoms with Crippen molar-refractivity contribution in [3.8, 4) is 5.75 Å². The Morgan fingerprint density at radius 1 is 1.50 bits per heavy atom. The van der Waals surface area contributed by atoms with E-state index in [1.807, 2.05) is 0 Å². The zero-order chi connectivity index (χ0) is 13.5. The summed E-state index contributed by atoms with van der Waals surface area (Å²) in [4.78, 5) is 11.6. The van der Waals surface area contributed by atoms with Gasteiger partial charge in [-0.05, 0) is 25.1 Å². The molecule has 1 N–H and O–H groups in total. The van der Waals surface area contributed by atoms with E-state index in [1.165, 1.54) is 7.11 Å². The monoisotopic (exact) mass is 287 g/mol. The summed E-state index contributed by atoms with van der Waals surface area (Å²) in [6.45, 7) is 2.12. The Labute approximate surface area is 116 Å². The first-order valence-corrected chi connectivity index (χ1v) is 6.14. The quantitative estimate of drug-likeness (QED) is 0.664. The third-order valence-corrected chi connectivity index (χ3v) is 2.71. The van der Waals surface area contributed by atoms with Gasteiger partial charge in [-0.15, -0.1) is 0 Å². The van der Waals surface area contributed by atoms with Crippen molar-refractivity contribution >= 4 is 34.8 Å². The molecule has 0 unspecified atom stereocenters. The highest BCUT2D eigenvalue weighted by Gasteiger charge is 2.10. The molecule has 0 heterocycles. The summed E-state index contributed by atoms with van der Waals surface area (Å²) in [6.07, 6.45) is 0. The lowest BCUT2D eigenvalue weighted by atomic mass is 10.2. The summed E-state index contributed by atoms with van der Waals surface area (Å²) >= 11 is 11.0. The van der Waals surface area contributed by atoms with Crippen molar-refractivity contribution < 1.29 is 14.3 Å². The summed E-state index contributed by atoms with van der Waals surface area (Å²) in [5.74, 6) is 0.205. The predicted octanol–water partition coefficient (Wildman–Crippen LogP) is 2.18. The molecule has 6 heteroatoms. The number of methoxy groups -OCH3 is 1. The predicted molar refractivity (Wildman–Crippen MR) is 74.3 cm³/mol. The van der Waals surface area contributed by atoms with Gasteiger partial charge in [0.2, 0.25) is 0 Å². The second-order valence-electron chi connectivity index (χ2n) is 3.33. The van der Waals surface area contributed by atoms with E-state index < -0.39 is 0 Å². The number of hydrogen-bond acceptors (Lipinski definition) is 4. The molecule has 0 aromatic heterocycles. The van der Waals surface area contributed by atoms with Gasteiger partial charge < -0.3 is 14.8 Å². The van der Waals surface area contributed by atoms with E-state index in [0.29, 0.717) is 27.9 Å². The van der Waals surface area contributed by atoms with Crippen LogP contribution in [0.4, 0.5) is 0 Å². The molecule has 98 valence electrons. The summed E-state index contributed by atoms with van der Waals surface area (Å²) < 4.78 is 9.96. The van der Waals surface area contributed by atoms with Gasteiger partial charge in [0.15, 0.2) is 0 Å².